The molecule has 3 rings (SSSR count). The third-order valence-electron chi connectivity index (χ3n) is 4.49. The molecule has 0 saturated carbocycles. The molecule has 1 aromatic heterocycles. The summed E-state index contributed by atoms with van der Waals surface area (Å²) in [5.41, 5.74) is 0.551. The highest BCUT2D eigenvalue weighted by Gasteiger charge is 2.47. The minimum Gasteiger partial charge on any atom is -0.473 e. The van der Waals surface area contributed by atoms with Gasteiger partial charge in [0, 0.05) is 38.3 Å². The first-order valence-electron chi connectivity index (χ1n) is 9.74. The van der Waals surface area contributed by atoms with Gasteiger partial charge in [-0.1, -0.05) is 12.1 Å². The van der Waals surface area contributed by atoms with E-state index in [1.54, 1.807) is 24.4 Å². The Labute approximate surface area is 188 Å². The smallest absolute Gasteiger partial charge is 0.303 e. The number of carbonyl (C=O) groups excluding carboxylic acids is 3. The van der Waals surface area contributed by atoms with Crippen molar-refractivity contribution in [3.63, 3.8) is 0 Å². The topological polar surface area (TPSA) is 101 Å². The minimum absolute atomic E-state index is 0.242. The number of benzene rings is 1. The Bertz CT molecular complexity index is 984. The largest absolute Gasteiger partial charge is 0.473 e. The number of esters is 3. The van der Waals surface area contributed by atoms with E-state index in [2.05, 4.69) is 4.98 Å². The molecule has 2 aromatic rings. The number of thioether (sulfide) groups is 1. The van der Waals surface area contributed by atoms with Crippen LogP contribution in [0.25, 0.3) is 11.1 Å². The van der Waals surface area contributed by atoms with Gasteiger partial charge in [0.1, 0.15) is 11.6 Å². The van der Waals surface area contributed by atoms with Crippen LogP contribution in [0.1, 0.15) is 20.8 Å². The number of carbonyl (C=O) groups is 3. The fourth-order valence-corrected chi connectivity index (χ4v) is 4.49. The van der Waals surface area contributed by atoms with Crippen LogP contribution in [0, 0.1) is 5.82 Å². The molecular formula is C22H22FNO7S. The van der Waals surface area contributed by atoms with Crippen molar-refractivity contribution in [3.8, 4) is 16.9 Å². The normalized spacial score (nSPS) is 22.5. The highest BCUT2D eigenvalue weighted by atomic mass is 32.2. The molecule has 0 N–H and O–H groups in total. The van der Waals surface area contributed by atoms with Gasteiger partial charge in [-0.05, 0) is 23.8 Å². The first-order chi connectivity index (χ1) is 15.2. The second-order valence-electron chi connectivity index (χ2n) is 6.99. The van der Waals surface area contributed by atoms with E-state index in [0.717, 1.165) is 0 Å². The van der Waals surface area contributed by atoms with Crippen LogP contribution in [-0.4, -0.2) is 52.4 Å². The van der Waals surface area contributed by atoms with Crippen LogP contribution in [-0.2, 0) is 28.6 Å². The van der Waals surface area contributed by atoms with Crippen LogP contribution in [0.5, 0.6) is 5.75 Å². The predicted octanol–water partition coefficient (Wildman–Crippen LogP) is 3.13. The zero-order valence-electron chi connectivity index (χ0n) is 17.6. The Balaban J connectivity index is 1.92. The van der Waals surface area contributed by atoms with E-state index in [4.69, 9.17) is 18.9 Å². The number of halogens is 1. The number of rotatable bonds is 6. The fourth-order valence-electron chi connectivity index (χ4n) is 3.28. The van der Waals surface area contributed by atoms with Crippen molar-refractivity contribution < 1.29 is 37.7 Å². The van der Waals surface area contributed by atoms with Crippen LogP contribution < -0.4 is 4.74 Å². The number of ether oxygens (including phenoxy) is 4. The summed E-state index contributed by atoms with van der Waals surface area (Å²) in [5.74, 6) is -1.56. The maximum atomic E-state index is 13.3. The molecule has 4 atom stereocenters. The van der Waals surface area contributed by atoms with Crippen LogP contribution in [0.3, 0.4) is 0 Å². The summed E-state index contributed by atoms with van der Waals surface area (Å²) >= 11 is 1.24. The first-order valence-corrected chi connectivity index (χ1v) is 10.8. The quantitative estimate of drug-likeness (QED) is 0.472. The molecule has 2 heterocycles. The Morgan fingerprint density at radius 1 is 0.938 bits per heavy atom. The summed E-state index contributed by atoms with van der Waals surface area (Å²) in [6.07, 6.45) is 0.124. The minimum atomic E-state index is -1.06. The van der Waals surface area contributed by atoms with Crippen molar-refractivity contribution >= 4 is 29.7 Å². The fraction of sp³-hybridized carbons (Fsp3) is 0.364. The molecule has 10 heteroatoms. The molecule has 8 nitrogen and oxygen atoms in total. The van der Waals surface area contributed by atoms with Crippen molar-refractivity contribution in [3.05, 3.63) is 48.5 Å². The lowest BCUT2D eigenvalue weighted by Crippen LogP contribution is -2.55. The van der Waals surface area contributed by atoms with Crippen LogP contribution in [0.15, 0.2) is 42.7 Å². The molecule has 0 spiro atoms. The van der Waals surface area contributed by atoms with Gasteiger partial charge in [-0.15, -0.1) is 11.8 Å². The maximum Gasteiger partial charge on any atom is 0.303 e. The summed E-state index contributed by atoms with van der Waals surface area (Å²) in [6, 6.07) is 7.58. The average Bonchev–Trinajstić information content (AvgIpc) is 2.72. The van der Waals surface area contributed by atoms with E-state index >= 15 is 0 Å². The van der Waals surface area contributed by atoms with Gasteiger partial charge >= 0.3 is 17.9 Å². The number of nitrogens with zero attached hydrogens (tertiary/aromatic N) is 1. The van der Waals surface area contributed by atoms with Gasteiger partial charge in [0.25, 0.3) is 0 Å². The third-order valence-corrected chi connectivity index (χ3v) is 5.70. The zero-order chi connectivity index (χ0) is 23.3. The second kappa shape index (κ2) is 10.4. The van der Waals surface area contributed by atoms with E-state index < -0.39 is 41.7 Å². The molecule has 1 saturated heterocycles. The molecule has 0 radical (unpaired) electrons. The molecule has 170 valence electrons. The van der Waals surface area contributed by atoms with Crippen LogP contribution >= 0.6 is 11.8 Å². The first kappa shape index (κ1) is 23.5. The second-order valence-corrected chi connectivity index (χ2v) is 8.13. The predicted molar refractivity (Wildman–Crippen MR) is 113 cm³/mol. The van der Waals surface area contributed by atoms with E-state index in [0.29, 0.717) is 16.9 Å². The number of pyridine rings is 1. The van der Waals surface area contributed by atoms with Gasteiger partial charge < -0.3 is 18.9 Å². The molecular weight excluding hydrogens is 441 g/mol. The molecule has 0 unspecified atom stereocenters. The number of hydrogen-bond acceptors (Lipinski definition) is 9. The van der Waals surface area contributed by atoms with E-state index in [9.17, 15) is 18.8 Å². The lowest BCUT2D eigenvalue weighted by molar-refractivity contribution is -0.186. The molecule has 0 amide bonds. The van der Waals surface area contributed by atoms with Gasteiger partial charge in [0.05, 0.1) is 6.20 Å². The Kier molecular flexibility index (Phi) is 7.68. The SMILES string of the molecule is CC(=O)O[C@@H]1[C@@H](OC(C)=O)[C@@H](Oc2cnccc2-c2ccc(F)cc2)SC[C@H]1OC(C)=O. The zero-order valence-corrected chi connectivity index (χ0v) is 18.5. The summed E-state index contributed by atoms with van der Waals surface area (Å²) in [6.45, 7) is 3.67. The van der Waals surface area contributed by atoms with Gasteiger partial charge in [-0.25, -0.2) is 4.39 Å². The van der Waals surface area contributed by atoms with Gasteiger partial charge in [0.15, 0.2) is 23.7 Å². The summed E-state index contributed by atoms with van der Waals surface area (Å²) in [7, 11) is 0. The van der Waals surface area contributed by atoms with Crippen molar-refractivity contribution in [2.24, 2.45) is 0 Å². The van der Waals surface area contributed by atoms with E-state index in [1.807, 2.05) is 0 Å². The third kappa shape index (κ3) is 5.97. The molecule has 0 bridgehead atoms. The molecule has 32 heavy (non-hydrogen) atoms. The number of aromatic nitrogens is 1. The lowest BCUT2D eigenvalue weighted by atomic mass is 10.1. The average molecular weight is 463 g/mol. The van der Waals surface area contributed by atoms with Crippen LogP contribution in [0.4, 0.5) is 4.39 Å². The molecule has 1 aliphatic rings. The summed E-state index contributed by atoms with van der Waals surface area (Å²) in [4.78, 5) is 39.1. The molecule has 1 aromatic carbocycles. The Morgan fingerprint density at radius 2 is 1.56 bits per heavy atom. The van der Waals surface area contributed by atoms with Crippen molar-refractivity contribution in [2.45, 2.75) is 44.5 Å². The number of hydrogen-bond donors (Lipinski definition) is 0. The Morgan fingerprint density at radius 3 is 2.19 bits per heavy atom. The molecule has 1 fully saturated rings. The standard InChI is InChI=1S/C22H22FNO7S/c1-12(25)28-19-11-32-22(21(30-14(3)27)20(19)29-13(2)26)31-18-10-24-9-8-17(18)15-4-6-16(23)7-5-15/h4-10,19-22H,11H2,1-3H3/t19-,20+,21-,22+/m1/s1. The van der Waals surface area contributed by atoms with Gasteiger partial charge in [0.2, 0.25) is 0 Å². The van der Waals surface area contributed by atoms with Crippen LogP contribution in [0.2, 0.25) is 0 Å². The summed E-state index contributed by atoms with van der Waals surface area (Å²) in [5, 5.41) is 0. The Hall–Kier alpha value is -3.14. The monoisotopic (exact) mass is 463 g/mol. The maximum absolute atomic E-state index is 13.3. The summed E-state index contributed by atoms with van der Waals surface area (Å²) < 4.78 is 35.6. The highest BCUT2D eigenvalue weighted by Crippen LogP contribution is 2.37. The van der Waals surface area contributed by atoms with Gasteiger partial charge in [-0.3, -0.25) is 19.4 Å². The molecule has 0 aliphatic carbocycles. The lowest BCUT2D eigenvalue weighted by Gasteiger charge is -2.40. The van der Waals surface area contributed by atoms with Crippen molar-refractivity contribution in [2.75, 3.05) is 5.75 Å². The highest BCUT2D eigenvalue weighted by molar-refractivity contribution is 7.99. The van der Waals surface area contributed by atoms with E-state index in [-0.39, 0.29) is 11.6 Å². The van der Waals surface area contributed by atoms with Crippen molar-refractivity contribution in [1.82, 2.24) is 4.98 Å². The molecule has 1 aliphatic heterocycles. The van der Waals surface area contributed by atoms with Gasteiger partial charge in [-0.2, -0.15) is 0 Å². The van der Waals surface area contributed by atoms with Crippen molar-refractivity contribution in [1.29, 1.82) is 0 Å². The van der Waals surface area contributed by atoms with E-state index in [1.165, 1.54) is 50.9 Å².